The van der Waals surface area contributed by atoms with Crippen molar-refractivity contribution in [1.29, 1.82) is 0 Å². The first-order chi connectivity index (χ1) is 13.3. The van der Waals surface area contributed by atoms with Gasteiger partial charge in [-0.1, -0.05) is 38.0 Å². The maximum atomic E-state index is 12.9. The molecule has 1 heterocycles. The van der Waals surface area contributed by atoms with Crippen LogP contribution in [0.1, 0.15) is 43.7 Å². The van der Waals surface area contributed by atoms with Crippen molar-refractivity contribution >= 4 is 17.8 Å². The molecule has 1 spiro atoms. The average Bonchev–Trinajstić information content (AvgIpc) is 2.88. The van der Waals surface area contributed by atoms with Gasteiger partial charge in [0.2, 0.25) is 5.91 Å². The number of ether oxygens (including phenoxy) is 1. The topological polar surface area (TPSA) is 87.7 Å². The molecule has 1 aromatic rings. The summed E-state index contributed by atoms with van der Waals surface area (Å²) in [5.41, 5.74) is 1.25. The molecule has 1 aliphatic heterocycles. The van der Waals surface area contributed by atoms with E-state index in [0.717, 1.165) is 41.0 Å². The SMILES string of the molecule is Cc1cccc(C)c1OCCNC(=O)CN1C(=O)NC2(CCCCC2C)C1=O. The van der Waals surface area contributed by atoms with Crippen LogP contribution in [0.5, 0.6) is 5.75 Å². The van der Waals surface area contributed by atoms with E-state index < -0.39 is 11.6 Å². The second kappa shape index (κ2) is 8.20. The van der Waals surface area contributed by atoms with Gasteiger partial charge in [0.25, 0.3) is 5.91 Å². The van der Waals surface area contributed by atoms with Crippen molar-refractivity contribution in [2.75, 3.05) is 19.7 Å². The fourth-order valence-corrected chi connectivity index (χ4v) is 4.21. The Kier molecular flexibility index (Phi) is 5.91. The summed E-state index contributed by atoms with van der Waals surface area (Å²) in [5.74, 6) is 0.261. The normalized spacial score (nSPS) is 24.4. The van der Waals surface area contributed by atoms with E-state index in [1.165, 1.54) is 0 Å². The Morgan fingerprint density at radius 1 is 1.29 bits per heavy atom. The molecule has 152 valence electrons. The maximum absolute atomic E-state index is 12.9. The van der Waals surface area contributed by atoms with Gasteiger partial charge in [-0.15, -0.1) is 0 Å². The quantitative estimate of drug-likeness (QED) is 0.579. The van der Waals surface area contributed by atoms with Gasteiger partial charge in [0.1, 0.15) is 24.4 Å². The van der Waals surface area contributed by atoms with Gasteiger partial charge in [-0.05, 0) is 43.7 Å². The van der Waals surface area contributed by atoms with Crippen molar-refractivity contribution < 1.29 is 19.1 Å². The molecule has 2 atom stereocenters. The molecular formula is C21H29N3O4. The fourth-order valence-electron chi connectivity index (χ4n) is 4.21. The zero-order chi connectivity index (χ0) is 20.3. The van der Waals surface area contributed by atoms with E-state index in [9.17, 15) is 14.4 Å². The number of hydrogen-bond acceptors (Lipinski definition) is 4. The summed E-state index contributed by atoms with van der Waals surface area (Å²) in [6.45, 7) is 6.30. The van der Waals surface area contributed by atoms with Crippen molar-refractivity contribution in [3.05, 3.63) is 29.3 Å². The number of urea groups is 1. The van der Waals surface area contributed by atoms with E-state index in [4.69, 9.17) is 4.74 Å². The van der Waals surface area contributed by atoms with E-state index in [1.54, 1.807) is 0 Å². The maximum Gasteiger partial charge on any atom is 0.325 e. The highest BCUT2D eigenvalue weighted by Crippen LogP contribution is 2.38. The summed E-state index contributed by atoms with van der Waals surface area (Å²) in [5, 5.41) is 5.58. The monoisotopic (exact) mass is 387 g/mol. The van der Waals surface area contributed by atoms with Crippen LogP contribution in [-0.2, 0) is 9.59 Å². The molecule has 3 rings (SSSR count). The molecule has 28 heavy (non-hydrogen) atoms. The van der Waals surface area contributed by atoms with Crippen molar-refractivity contribution in [3.63, 3.8) is 0 Å². The van der Waals surface area contributed by atoms with Crippen LogP contribution in [0.4, 0.5) is 4.79 Å². The molecule has 2 unspecified atom stereocenters. The highest BCUT2D eigenvalue weighted by molar-refractivity contribution is 6.09. The summed E-state index contributed by atoms with van der Waals surface area (Å²) in [4.78, 5) is 38.5. The Morgan fingerprint density at radius 3 is 2.68 bits per heavy atom. The fraction of sp³-hybridized carbons (Fsp3) is 0.571. The Hall–Kier alpha value is -2.57. The zero-order valence-electron chi connectivity index (χ0n) is 16.8. The smallest absolute Gasteiger partial charge is 0.325 e. The summed E-state index contributed by atoms with van der Waals surface area (Å²) in [6, 6.07) is 5.44. The van der Waals surface area contributed by atoms with Crippen LogP contribution in [0, 0.1) is 19.8 Å². The van der Waals surface area contributed by atoms with Crippen LogP contribution < -0.4 is 15.4 Å². The Bertz CT molecular complexity index is 759. The molecule has 2 aliphatic rings. The minimum Gasteiger partial charge on any atom is -0.491 e. The van der Waals surface area contributed by atoms with Crippen LogP contribution in [0.2, 0.25) is 0 Å². The lowest BCUT2D eigenvalue weighted by atomic mass is 9.73. The number of amides is 4. The van der Waals surface area contributed by atoms with E-state index in [2.05, 4.69) is 10.6 Å². The first-order valence-corrected chi connectivity index (χ1v) is 9.95. The molecular weight excluding hydrogens is 358 g/mol. The number of nitrogens with one attached hydrogen (secondary N) is 2. The van der Waals surface area contributed by atoms with E-state index in [-0.39, 0.29) is 24.3 Å². The lowest BCUT2D eigenvalue weighted by molar-refractivity contribution is -0.137. The number of benzene rings is 1. The molecule has 2 fully saturated rings. The number of para-hydroxylation sites is 1. The van der Waals surface area contributed by atoms with Crippen LogP contribution in [-0.4, -0.2) is 48.0 Å². The predicted octanol–water partition coefficient (Wildman–Crippen LogP) is 2.30. The molecule has 7 nitrogen and oxygen atoms in total. The average molecular weight is 387 g/mol. The van der Waals surface area contributed by atoms with Crippen LogP contribution >= 0.6 is 0 Å². The first kappa shape index (κ1) is 20.2. The summed E-state index contributed by atoms with van der Waals surface area (Å²) < 4.78 is 5.76. The summed E-state index contributed by atoms with van der Waals surface area (Å²) in [7, 11) is 0. The van der Waals surface area contributed by atoms with E-state index in [0.29, 0.717) is 19.6 Å². The number of imide groups is 1. The number of hydrogen-bond donors (Lipinski definition) is 2. The third kappa shape index (κ3) is 3.84. The standard InChI is InChI=1S/C21H29N3O4/c1-14-7-6-8-15(2)18(14)28-12-11-22-17(25)13-24-19(26)21(23-20(24)27)10-5-4-9-16(21)3/h6-8,16H,4-5,9-13H2,1-3H3,(H,22,25)(H,23,27). The third-order valence-electron chi connectivity index (χ3n) is 5.88. The summed E-state index contributed by atoms with van der Waals surface area (Å²) >= 11 is 0. The van der Waals surface area contributed by atoms with Gasteiger partial charge in [-0.3, -0.25) is 14.5 Å². The predicted molar refractivity (Wildman–Crippen MR) is 105 cm³/mol. The van der Waals surface area contributed by atoms with E-state index in [1.807, 2.05) is 39.0 Å². The van der Waals surface area contributed by atoms with Crippen molar-refractivity contribution in [1.82, 2.24) is 15.5 Å². The van der Waals surface area contributed by atoms with Crippen molar-refractivity contribution in [2.45, 2.75) is 52.0 Å². The molecule has 1 saturated carbocycles. The zero-order valence-corrected chi connectivity index (χ0v) is 16.8. The Labute approximate surface area is 165 Å². The van der Waals surface area contributed by atoms with Gasteiger partial charge in [0.15, 0.2) is 0 Å². The Balaban J connectivity index is 1.50. The number of rotatable bonds is 6. The molecule has 1 aromatic carbocycles. The number of carbonyl (C=O) groups is 3. The van der Waals surface area contributed by atoms with Gasteiger partial charge in [0, 0.05) is 0 Å². The number of carbonyl (C=O) groups excluding carboxylic acids is 3. The minimum absolute atomic E-state index is 0.0801. The first-order valence-electron chi connectivity index (χ1n) is 9.95. The highest BCUT2D eigenvalue weighted by atomic mass is 16.5. The Morgan fingerprint density at radius 2 is 2.00 bits per heavy atom. The lowest BCUT2D eigenvalue weighted by Crippen LogP contribution is -2.54. The molecule has 1 aliphatic carbocycles. The second-order valence-electron chi connectivity index (χ2n) is 7.86. The molecule has 0 radical (unpaired) electrons. The number of nitrogens with zero attached hydrogens (tertiary/aromatic N) is 1. The van der Waals surface area contributed by atoms with Gasteiger partial charge in [-0.25, -0.2) is 4.79 Å². The van der Waals surface area contributed by atoms with Gasteiger partial charge < -0.3 is 15.4 Å². The van der Waals surface area contributed by atoms with Crippen LogP contribution in [0.3, 0.4) is 0 Å². The van der Waals surface area contributed by atoms with Gasteiger partial charge >= 0.3 is 6.03 Å². The molecule has 7 heteroatoms. The second-order valence-corrected chi connectivity index (χ2v) is 7.86. The van der Waals surface area contributed by atoms with Crippen molar-refractivity contribution in [2.24, 2.45) is 5.92 Å². The molecule has 0 aromatic heterocycles. The molecule has 0 bridgehead atoms. The largest absolute Gasteiger partial charge is 0.491 e. The lowest BCUT2D eigenvalue weighted by Gasteiger charge is -2.36. The van der Waals surface area contributed by atoms with E-state index >= 15 is 0 Å². The minimum atomic E-state index is -0.832. The van der Waals surface area contributed by atoms with Crippen LogP contribution in [0.15, 0.2) is 18.2 Å². The van der Waals surface area contributed by atoms with Gasteiger partial charge in [0.05, 0.1) is 6.54 Å². The van der Waals surface area contributed by atoms with Crippen LogP contribution in [0.25, 0.3) is 0 Å². The number of aryl methyl sites for hydroxylation is 2. The summed E-state index contributed by atoms with van der Waals surface area (Å²) in [6.07, 6.45) is 3.52. The van der Waals surface area contributed by atoms with Crippen molar-refractivity contribution in [3.8, 4) is 5.75 Å². The molecule has 1 saturated heterocycles. The van der Waals surface area contributed by atoms with Gasteiger partial charge in [-0.2, -0.15) is 0 Å². The molecule has 4 amide bonds. The molecule has 2 N–H and O–H groups in total. The highest BCUT2D eigenvalue weighted by Gasteiger charge is 2.55. The third-order valence-corrected chi connectivity index (χ3v) is 5.88.